The van der Waals surface area contributed by atoms with Crippen molar-refractivity contribution in [2.75, 3.05) is 6.54 Å². The van der Waals surface area contributed by atoms with Gasteiger partial charge < -0.3 is 30.8 Å². The first-order valence-electron chi connectivity index (χ1n) is 16.1. The molecule has 0 aromatic carbocycles. The first-order chi connectivity index (χ1) is 19.6. The average molecular weight is 579 g/mol. The van der Waals surface area contributed by atoms with Gasteiger partial charge in [0.1, 0.15) is 24.6 Å². The number of aliphatic hydroxyl groups is 1. The van der Waals surface area contributed by atoms with Crippen molar-refractivity contribution >= 4 is 24.0 Å². The Morgan fingerprint density at radius 2 is 1.51 bits per heavy atom. The highest BCUT2D eigenvalue weighted by Gasteiger charge is 2.41. The molecule has 1 heterocycles. The molecule has 0 aliphatic carbocycles. The van der Waals surface area contributed by atoms with Gasteiger partial charge in [0.2, 0.25) is 17.7 Å². The molecule has 1 fully saturated rings. The second-order valence-electron chi connectivity index (χ2n) is 11.7. The summed E-state index contributed by atoms with van der Waals surface area (Å²) in [7, 11) is 0. The SMILES string of the molecule is CCCCCCCC/C=C\CCCCCCCC(O)N(C(=O)[C@@H]1CCCN1C(=O)[C@H](C)NC(=O)[C@H](C)N)[C@@H](C)C=O. The highest BCUT2D eigenvalue weighted by molar-refractivity contribution is 5.93. The van der Waals surface area contributed by atoms with Crippen molar-refractivity contribution in [3.63, 3.8) is 0 Å². The van der Waals surface area contributed by atoms with Crippen molar-refractivity contribution in [2.45, 2.75) is 161 Å². The van der Waals surface area contributed by atoms with Crippen LogP contribution in [0.4, 0.5) is 0 Å². The van der Waals surface area contributed by atoms with Crippen molar-refractivity contribution < 1.29 is 24.3 Å². The van der Waals surface area contributed by atoms with E-state index in [2.05, 4.69) is 24.4 Å². The third-order valence-corrected chi connectivity index (χ3v) is 7.90. The maximum atomic E-state index is 13.5. The number of nitrogens with one attached hydrogen (secondary N) is 1. The second kappa shape index (κ2) is 21.4. The Morgan fingerprint density at radius 3 is 2.07 bits per heavy atom. The Morgan fingerprint density at radius 1 is 0.951 bits per heavy atom. The van der Waals surface area contributed by atoms with Crippen LogP contribution in [0.3, 0.4) is 0 Å². The van der Waals surface area contributed by atoms with Gasteiger partial charge in [0.05, 0.1) is 12.1 Å². The van der Waals surface area contributed by atoms with Gasteiger partial charge in [-0.1, -0.05) is 70.4 Å². The molecule has 9 heteroatoms. The number of carbonyl (C=O) groups excluding carboxylic acids is 4. The zero-order valence-corrected chi connectivity index (χ0v) is 26.2. The number of hydrogen-bond acceptors (Lipinski definition) is 6. The van der Waals surface area contributed by atoms with Crippen LogP contribution in [0.2, 0.25) is 0 Å². The molecule has 9 nitrogen and oxygen atoms in total. The fourth-order valence-electron chi connectivity index (χ4n) is 5.34. The van der Waals surface area contributed by atoms with Gasteiger partial charge in [-0.3, -0.25) is 14.4 Å². The maximum absolute atomic E-state index is 13.5. The quantitative estimate of drug-likeness (QED) is 0.0744. The lowest BCUT2D eigenvalue weighted by Gasteiger charge is -2.36. The summed E-state index contributed by atoms with van der Waals surface area (Å²) in [5.41, 5.74) is 5.59. The number of amides is 3. The van der Waals surface area contributed by atoms with Gasteiger partial charge in [0.25, 0.3) is 0 Å². The third-order valence-electron chi connectivity index (χ3n) is 7.90. The molecule has 4 N–H and O–H groups in total. The zero-order valence-electron chi connectivity index (χ0n) is 26.2. The van der Waals surface area contributed by atoms with Gasteiger partial charge in [-0.25, -0.2) is 0 Å². The Balaban J connectivity index is 2.45. The summed E-state index contributed by atoms with van der Waals surface area (Å²) in [6.07, 6.45) is 20.9. The number of hydrogen-bond donors (Lipinski definition) is 3. The number of nitrogens with two attached hydrogens (primary N) is 1. The Labute approximate surface area is 248 Å². The molecule has 1 aliphatic heterocycles. The molecular weight excluding hydrogens is 520 g/mol. The second-order valence-corrected chi connectivity index (χ2v) is 11.7. The van der Waals surface area contributed by atoms with E-state index in [-0.39, 0.29) is 5.91 Å². The van der Waals surface area contributed by atoms with E-state index in [1.807, 2.05) is 0 Å². The molecule has 1 saturated heterocycles. The van der Waals surface area contributed by atoms with Gasteiger partial charge in [-0.2, -0.15) is 0 Å². The van der Waals surface area contributed by atoms with Crippen molar-refractivity contribution in [3.8, 4) is 0 Å². The van der Waals surface area contributed by atoms with Gasteiger partial charge in [0, 0.05) is 6.54 Å². The molecule has 0 spiro atoms. The molecule has 41 heavy (non-hydrogen) atoms. The zero-order chi connectivity index (χ0) is 30.6. The summed E-state index contributed by atoms with van der Waals surface area (Å²) in [6, 6.07) is -3.17. The monoisotopic (exact) mass is 578 g/mol. The minimum Gasteiger partial charge on any atom is -0.374 e. The fraction of sp³-hybridized carbons (Fsp3) is 0.812. The molecule has 0 bridgehead atoms. The fourth-order valence-corrected chi connectivity index (χ4v) is 5.34. The Hall–Kier alpha value is -2.26. The van der Waals surface area contributed by atoms with Crippen LogP contribution in [-0.2, 0) is 19.2 Å². The van der Waals surface area contributed by atoms with Crippen molar-refractivity contribution in [1.82, 2.24) is 15.1 Å². The van der Waals surface area contributed by atoms with E-state index in [4.69, 9.17) is 5.73 Å². The lowest BCUT2D eigenvalue weighted by Crippen LogP contribution is -2.57. The molecule has 236 valence electrons. The first kappa shape index (κ1) is 36.8. The minimum atomic E-state index is -1.10. The minimum absolute atomic E-state index is 0.375. The van der Waals surface area contributed by atoms with Crippen molar-refractivity contribution in [2.24, 2.45) is 5.73 Å². The van der Waals surface area contributed by atoms with E-state index < -0.39 is 42.2 Å². The normalized spacial score (nSPS) is 18.2. The number of rotatable bonds is 22. The molecule has 1 aliphatic rings. The molecule has 0 radical (unpaired) electrons. The lowest BCUT2D eigenvalue weighted by molar-refractivity contribution is -0.156. The summed E-state index contributed by atoms with van der Waals surface area (Å²) in [5, 5.41) is 13.5. The van der Waals surface area contributed by atoms with Gasteiger partial charge >= 0.3 is 0 Å². The number of nitrogens with zero attached hydrogens (tertiary/aromatic N) is 2. The average Bonchev–Trinajstić information content (AvgIpc) is 3.44. The number of likely N-dealkylation sites (tertiary alicyclic amines) is 1. The number of aldehydes is 1. The molecule has 3 amide bonds. The molecule has 0 saturated carbocycles. The van der Waals surface area contributed by atoms with Crippen LogP contribution in [0.15, 0.2) is 12.2 Å². The van der Waals surface area contributed by atoms with Gasteiger partial charge in [-0.05, 0) is 72.1 Å². The number of allylic oxidation sites excluding steroid dienone is 2. The summed E-state index contributed by atoms with van der Waals surface area (Å²) in [4.78, 5) is 52.8. The Bertz CT molecular complexity index is 803. The van der Waals surface area contributed by atoms with Crippen LogP contribution in [0.5, 0.6) is 0 Å². The van der Waals surface area contributed by atoms with Crippen LogP contribution in [-0.4, -0.2) is 75.9 Å². The largest absolute Gasteiger partial charge is 0.374 e. The van der Waals surface area contributed by atoms with Crippen LogP contribution < -0.4 is 11.1 Å². The predicted octanol–water partition coefficient (Wildman–Crippen LogP) is 4.60. The van der Waals surface area contributed by atoms with E-state index in [1.165, 1.54) is 61.7 Å². The lowest BCUT2D eigenvalue weighted by atomic mass is 10.1. The van der Waals surface area contributed by atoms with Gasteiger partial charge in [0.15, 0.2) is 0 Å². The number of carbonyl (C=O) groups is 4. The summed E-state index contributed by atoms with van der Waals surface area (Å²) < 4.78 is 0. The molecule has 0 aromatic heterocycles. The van der Waals surface area contributed by atoms with E-state index in [0.29, 0.717) is 32.1 Å². The highest BCUT2D eigenvalue weighted by atomic mass is 16.3. The first-order valence-corrected chi connectivity index (χ1v) is 16.1. The van der Waals surface area contributed by atoms with E-state index in [1.54, 1.807) is 13.8 Å². The summed E-state index contributed by atoms with van der Waals surface area (Å²) in [6.45, 7) is 7.30. The van der Waals surface area contributed by atoms with Crippen LogP contribution >= 0.6 is 0 Å². The Kier molecular flexibility index (Phi) is 19.2. The van der Waals surface area contributed by atoms with E-state index >= 15 is 0 Å². The van der Waals surface area contributed by atoms with Crippen LogP contribution in [0.1, 0.15) is 130 Å². The van der Waals surface area contributed by atoms with Gasteiger partial charge in [-0.15, -0.1) is 0 Å². The van der Waals surface area contributed by atoms with E-state index in [0.717, 1.165) is 38.5 Å². The number of unbranched alkanes of at least 4 members (excludes halogenated alkanes) is 11. The molecule has 0 aromatic rings. The van der Waals surface area contributed by atoms with Crippen molar-refractivity contribution in [1.29, 1.82) is 0 Å². The highest BCUT2D eigenvalue weighted by Crippen LogP contribution is 2.23. The van der Waals surface area contributed by atoms with Crippen LogP contribution in [0, 0.1) is 0 Å². The topological polar surface area (TPSA) is 133 Å². The standard InChI is InChI=1S/C32H58N4O5/c1-5-6-7-8-9-10-11-12-13-14-15-16-17-18-19-22-29(38)36(25(2)24-37)32(41)28-21-20-23-35(28)31(40)27(4)34-30(39)26(3)33/h12-13,24-29,38H,5-11,14-23,33H2,1-4H3,(H,34,39)/b13-12-/t25-,26-,27-,28-,29?/m0/s1. The van der Waals surface area contributed by atoms with Crippen molar-refractivity contribution in [3.05, 3.63) is 12.2 Å². The smallest absolute Gasteiger partial charge is 0.248 e. The summed E-state index contributed by atoms with van der Waals surface area (Å²) in [5.74, 6) is -1.25. The molecule has 5 atom stereocenters. The van der Waals surface area contributed by atoms with E-state index in [9.17, 15) is 24.3 Å². The molecule has 1 unspecified atom stereocenters. The number of aliphatic hydroxyl groups excluding tert-OH is 1. The summed E-state index contributed by atoms with van der Waals surface area (Å²) >= 11 is 0. The molecule has 1 rings (SSSR count). The predicted molar refractivity (Wildman–Crippen MR) is 164 cm³/mol. The third kappa shape index (κ3) is 14.0. The van der Waals surface area contributed by atoms with Crippen LogP contribution in [0.25, 0.3) is 0 Å². The maximum Gasteiger partial charge on any atom is 0.248 e. The molecular formula is C32H58N4O5.